The quantitative estimate of drug-likeness (QED) is 0.712. The Morgan fingerprint density at radius 2 is 1.44 bits per heavy atom. The summed E-state index contributed by atoms with van der Waals surface area (Å²) in [6.07, 6.45) is 0. The molecule has 0 aliphatic heterocycles. The molecular formula is C22H23N3O2. The van der Waals surface area contributed by atoms with Crippen LogP contribution in [-0.2, 0) is 4.79 Å². The molecule has 2 aromatic carbocycles. The van der Waals surface area contributed by atoms with Gasteiger partial charge in [0.2, 0.25) is 5.91 Å². The second kappa shape index (κ2) is 7.50. The van der Waals surface area contributed by atoms with E-state index in [1.165, 1.54) is 6.92 Å². The number of carbonyl (C=O) groups excluding carboxylic acids is 2. The highest BCUT2D eigenvalue weighted by molar-refractivity contribution is 6.07. The number of anilines is 2. The number of rotatable bonds is 4. The number of nitrogens with one attached hydrogen (secondary N) is 2. The predicted molar refractivity (Wildman–Crippen MR) is 109 cm³/mol. The van der Waals surface area contributed by atoms with Crippen molar-refractivity contribution in [3.05, 3.63) is 77.1 Å². The van der Waals surface area contributed by atoms with Gasteiger partial charge in [0.25, 0.3) is 5.91 Å². The van der Waals surface area contributed by atoms with Gasteiger partial charge in [0.15, 0.2) is 0 Å². The second-order valence-electron chi connectivity index (χ2n) is 6.69. The van der Waals surface area contributed by atoms with Crippen LogP contribution in [0.4, 0.5) is 11.4 Å². The van der Waals surface area contributed by atoms with Gasteiger partial charge in [0.1, 0.15) is 0 Å². The van der Waals surface area contributed by atoms with Crippen LogP contribution < -0.4 is 10.6 Å². The maximum absolute atomic E-state index is 13.0. The van der Waals surface area contributed by atoms with E-state index >= 15 is 0 Å². The van der Waals surface area contributed by atoms with Gasteiger partial charge in [-0.2, -0.15) is 0 Å². The minimum absolute atomic E-state index is 0.155. The molecule has 0 unspecified atom stereocenters. The molecule has 1 aromatic heterocycles. The molecular weight excluding hydrogens is 338 g/mol. The Bertz CT molecular complexity index is 999. The maximum atomic E-state index is 13.0. The first-order chi connectivity index (χ1) is 12.8. The fraction of sp³-hybridized carbons (Fsp3) is 0.182. The standard InChI is InChI=1S/C22H23N3O2/c1-14-8-11-21(25-15(2)9-10-16(25)3)20(12-14)22(27)24-19-7-5-6-18(13-19)23-17(4)26/h5-13H,1-4H3,(H,23,26)(H,24,27). The Balaban J connectivity index is 1.96. The molecule has 0 aliphatic carbocycles. The zero-order chi connectivity index (χ0) is 19.6. The number of hydrogen-bond acceptors (Lipinski definition) is 2. The first kappa shape index (κ1) is 18.5. The first-order valence-corrected chi connectivity index (χ1v) is 8.80. The number of carbonyl (C=O) groups is 2. The highest BCUT2D eigenvalue weighted by Gasteiger charge is 2.16. The van der Waals surface area contributed by atoms with Gasteiger partial charge in [-0.05, 0) is 63.2 Å². The van der Waals surface area contributed by atoms with Gasteiger partial charge < -0.3 is 15.2 Å². The zero-order valence-corrected chi connectivity index (χ0v) is 16.0. The topological polar surface area (TPSA) is 63.1 Å². The number of nitrogens with zero attached hydrogens (tertiary/aromatic N) is 1. The molecule has 2 N–H and O–H groups in total. The lowest BCUT2D eigenvalue weighted by Gasteiger charge is -2.16. The third-order valence-electron chi connectivity index (χ3n) is 4.35. The Morgan fingerprint density at radius 1 is 0.815 bits per heavy atom. The molecule has 5 nitrogen and oxygen atoms in total. The van der Waals surface area contributed by atoms with E-state index in [2.05, 4.69) is 15.2 Å². The van der Waals surface area contributed by atoms with Crippen LogP contribution in [0.1, 0.15) is 34.2 Å². The molecule has 27 heavy (non-hydrogen) atoms. The summed E-state index contributed by atoms with van der Waals surface area (Å²) in [6, 6.07) is 17.0. The summed E-state index contributed by atoms with van der Waals surface area (Å²) in [5.41, 5.74) is 5.86. The number of hydrogen-bond donors (Lipinski definition) is 2. The van der Waals surface area contributed by atoms with Crippen molar-refractivity contribution in [2.75, 3.05) is 10.6 Å². The Hall–Kier alpha value is -3.34. The van der Waals surface area contributed by atoms with Gasteiger partial charge in [-0.15, -0.1) is 0 Å². The summed E-state index contributed by atoms with van der Waals surface area (Å²) in [5, 5.41) is 5.66. The van der Waals surface area contributed by atoms with Crippen molar-refractivity contribution in [2.24, 2.45) is 0 Å². The lowest BCUT2D eigenvalue weighted by molar-refractivity contribution is -0.114. The van der Waals surface area contributed by atoms with Gasteiger partial charge >= 0.3 is 0 Å². The summed E-state index contributed by atoms with van der Waals surface area (Å²) in [4.78, 5) is 24.3. The summed E-state index contributed by atoms with van der Waals surface area (Å²) in [5.74, 6) is -0.348. The van der Waals surface area contributed by atoms with Crippen LogP contribution in [0.3, 0.4) is 0 Å². The Morgan fingerprint density at radius 3 is 2.07 bits per heavy atom. The third kappa shape index (κ3) is 4.08. The summed E-state index contributed by atoms with van der Waals surface area (Å²) in [7, 11) is 0. The number of aryl methyl sites for hydroxylation is 3. The fourth-order valence-electron chi connectivity index (χ4n) is 3.15. The van der Waals surface area contributed by atoms with Crippen LogP contribution in [0, 0.1) is 20.8 Å². The first-order valence-electron chi connectivity index (χ1n) is 8.80. The van der Waals surface area contributed by atoms with Crippen LogP contribution in [0.25, 0.3) is 5.69 Å². The maximum Gasteiger partial charge on any atom is 0.257 e. The van der Waals surface area contributed by atoms with E-state index in [1.807, 2.05) is 51.1 Å². The molecule has 0 radical (unpaired) electrons. The van der Waals surface area contributed by atoms with Gasteiger partial charge in [-0.1, -0.05) is 17.7 Å². The average molecular weight is 361 g/mol. The van der Waals surface area contributed by atoms with E-state index < -0.39 is 0 Å². The molecule has 3 rings (SSSR count). The highest BCUT2D eigenvalue weighted by Crippen LogP contribution is 2.23. The monoisotopic (exact) mass is 361 g/mol. The Labute approximate surface area is 159 Å². The van der Waals surface area contributed by atoms with Crippen LogP contribution in [0.5, 0.6) is 0 Å². The van der Waals surface area contributed by atoms with Crippen LogP contribution in [-0.4, -0.2) is 16.4 Å². The third-order valence-corrected chi connectivity index (χ3v) is 4.35. The van der Waals surface area contributed by atoms with E-state index in [-0.39, 0.29) is 11.8 Å². The molecule has 0 saturated carbocycles. The molecule has 0 saturated heterocycles. The van der Waals surface area contributed by atoms with Gasteiger partial charge in [-0.25, -0.2) is 0 Å². The zero-order valence-electron chi connectivity index (χ0n) is 16.0. The van der Waals surface area contributed by atoms with E-state index in [0.29, 0.717) is 16.9 Å². The molecule has 1 heterocycles. The summed E-state index contributed by atoms with van der Waals surface area (Å²) in [6.45, 7) is 7.45. The van der Waals surface area contributed by atoms with Crippen LogP contribution in [0.2, 0.25) is 0 Å². The molecule has 0 aliphatic rings. The van der Waals surface area contributed by atoms with Gasteiger partial charge in [0.05, 0.1) is 11.3 Å². The molecule has 0 atom stereocenters. The van der Waals surface area contributed by atoms with Crippen molar-refractivity contribution in [3.63, 3.8) is 0 Å². The van der Waals surface area contributed by atoms with Crippen LogP contribution >= 0.6 is 0 Å². The lowest BCUT2D eigenvalue weighted by Crippen LogP contribution is -2.16. The minimum Gasteiger partial charge on any atom is -0.326 e. The van der Waals surface area contributed by atoms with E-state index in [0.717, 1.165) is 22.6 Å². The molecule has 0 fully saturated rings. The number of amides is 2. The average Bonchev–Trinajstić information content (AvgIpc) is 2.93. The molecule has 0 bridgehead atoms. The molecule has 0 spiro atoms. The van der Waals surface area contributed by atoms with Crippen molar-refractivity contribution in [1.82, 2.24) is 4.57 Å². The van der Waals surface area contributed by atoms with Crippen molar-refractivity contribution < 1.29 is 9.59 Å². The smallest absolute Gasteiger partial charge is 0.257 e. The van der Waals surface area contributed by atoms with Gasteiger partial charge in [0, 0.05) is 29.7 Å². The summed E-state index contributed by atoms with van der Waals surface area (Å²) >= 11 is 0. The highest BCUT2D eigenvalue weighted by atomic mass is 16.2. The summed E-state index contributed by atoms with van der Waals surface area (Å²) < 4.78 is 2.07. The number of benzene rings is 2. The van der Waals surface area contributed by atoms with Crippen LogP contribution in [0.15, 0.2) is 54.6 Å². The van der Waals surface area contributed by atoms with Gasteiger partial charge in [-0.3, -0.25) is 9.59 Å². The SMILES string of the molecule is CC(=O)Nc1cccc(NC(=O)c2cc(C)ccc2-n2c(C)ccc2C)c1. The molecule has 2 amide bonds. The van der Waals surface area contributed by atoms with E-state index in [9.17, 15) is 9.59 Å². The van der Waals surface area contributed by atoms with Crippen molar-refractivity contribution in [2.45, 2.75) is 27.7 Å². The fourth-order valence-corrected chi connectivity index (χ4v) is 3.15. The molecule has 138 valence electrons. The molecule has 5 heteroatoms. The van der Waals surface area contributed by atoms with Crippen molar-refractivity contribution >= 4 is 23.2 Å². The normalized spacial score (nSPS) is 10.5. The second-order valence-corrected chi connectivity index (χ2v) is 6.69. The van der Waals surface area contributed by atoms with Crippen molar-refractivity contribution in [3.8, 4) is 5.69 Å². The van der Waals surface area contributed by atoms with Crippen molar-refractivity contribution in [1.29, 1.82) is 0 Å². The lowest BCUT2D eigenvalue weighted by atomic mass is 10.1. The van der Waals surface area contributed by atoms with E-state index in [1.54, 1.807) is 24.3 Å². The Kier molecular flexibility index (Phi) is 5.12. The van der Waals surface area contributed by atoms with E-state index in [4.69, 9.17) is 0 Å². The largest absolute Gasteiger partial charge is 0.326 e. The molecule has 3 aromatic rings. The minimum atomic E-state index is -0.193. The predicted octanol–water partition coefficient (Wildman–Crippen LogP) is 4.61. The number of aromatic nitrogens is 1.